The number of amides is 1. The van der Waals surface area contributed by atoms with Crippen molar-refractivity contribution in [3.05, 3.63) is 93.7 Å². The second-order valence-corrected chi connectivity index (χ2v) is 10.1. The summed E-state index contributed by atoms with van der Waals surface area (Å²) < 4.78 is 9.37. The van der Waals surface area contributed by atoms with Crippen LogP contribution < -0.4 is 10.1 Å². The lowest BCUT2D eigenvalue weighted by Crippen LogP contribution is -2.24. The van der Waals surface area contributed by atoms with E-state index in [1.807, 2.05) is 30.3 Å². The van der Waals surface area contributed by atoms with Crippen molar-refractivity contribution in [3.8, 4) is 5.75 Å². The summed E-state index contributed by atoms with van der Waals surface area (Å²) in [6, 6.07) is 22.1. The van der Waals surface area contributed by atoms with Crippen molar-refractivity contribution in [1.29, 1.82) is 0 Å². The van der Waals surface area contributed by atoms with E-state index in [0.29, 0.717) is 18.7 Å². The number of nitrogens with zero attached hydrogens (tertiary/aromatic N) is 2. The van der Waals surface area contributed by atoms with E-state index in [-0.39, 0.29) is 5.91 Å². The summed E-state index contributed by atoms with van der Waals surface area (Å²) in [5, 5.41) is 3.02. The van der Waals surface area contributed by atoms with Crippen LogP contribution in [0.2, 0.25) is 0 Å². The number of unbranched alkanes of at least 4 members (excludes halogenated alkanes) is 2. The number of aromatic nitrogens is 2. The maximum absolute atomic E-state index is 12.3. The highest BCUT2D eigenvalue weighted by Crippen LogP contribution is 2.21. The largest absolute Gasteiger partial charge is 0.493 e. The Morgan fingerprint density at radius 1 is 0.972 bits per heavy atom. The number of rotatable bonds is 12. The van der Waals surface area contributed by atoms with Crippen molar-refractivity contribution in [2.24, 2.45) is 0 Å². The van der Waals surface area contributed by atoms with Crippen LogP contribution in [0.1, 0.15) is 53.0 Å². The lowest BCUT2D eigenvalue weighted by molar-refractivity contribution is 0.0953. The van der Waals surface area contributed by atoms with Crippen LogP contribution in [0.15, 0.2) is 71.2 Å². The molecule has 3 aromatic carbocycles. The Balaban J connectivity index is 1.25. The molecule has 1 aromatic heterocycles. The van der Waals surface area contributed by atoms with Gasteiger partial charge in [-0.15, -0.1) is 0 Å². The van der Waals surface area contributed by atoms with E-state index in [4.69, 9.17) is 9.72 Å². The molecule has 0 atom stereocenters. The fraction of sp³-hybridized carbons (Fsp3) is 0.333. The third-order valence-electron chi connectivity index (χ3n) is 6.32. The number of aryl methyl sites for hydroxylation is 4. The van der Waals surface area contributed by atoms with Crippen LogP contribution in [-0.2, 0) is 13.0 Å². The fourth-order valence-corrected chi connectivity index (χ4v) is 4.69. The summed E-state index contributed by atoms with van der Waals surface area (Å²) >= 11 is 3.40. The molecular formula is C30H34BrN3O2. The first-order chi connectivity index (χ1) is 17.5. The molecular weight excluding hydrogens is 514 g/mol. The zero-order chi connectivity index (χ0) is 25.3. The minimum absolute atomic E-state index is 0.0210. The second kappa shape index (κ2) is 12.7. The van der Waals surface area contributed by atoms with Gasteiger partial charge in [0.25, 0.3) is 5.91 Å². The van der Waals surface area contributed by atoms with E-state index in [9.17, 15) is 4.79 Å². The molecule has 1 amide bonds. The predicted octanol–water partition coefficient (Wildman–Crippen LogP) is 7.03. The normalized spacial score (nSPS) is 11.1. The SMILES string of the molecule is Cc1ccc(OCCCn2c(CCCCCNC(=O)c3ccc(Br)cc3)nc3ccccc32)c(C)c1. The van der Waals surface area contributed by atoms with Crippen molar-refractivity contribution < 1.29 is 9.53 Å². The number of hydrogen-bond donors (Lipinski definition) is 1. The summed E-state index contributed by atoms with van der Waals surface area (Å²) in [6.07, 6.45) is 4.87. The monoisotopic (exact) mass is 547 g/mol. The van der Waals surface area contributed by atoms with Gasteiger partial charge in [-0.3, -0.25) is 4.79 Å². The molecule has 6 heteroatoms. The highest BCUT2D eigenvalue weighted by Gasteiger charge is 2.11. The van der Waals surface area contributed by atoms with E-state index >= 15 is 0 Å². The number of para-hydroxylation sites is 2. The Labute approximate surface area is 222 Å². The Hall–Kier alpha value is -3.12. The summed E-state index contributed by atoms with van der Waals surface area (Å²) in [5.74, 6) is 2.07. The van der Waals surface area contributed by atoms with Crippen LogP contribution in [0.4, 0.5) is 0 Å². The molecule has 0 aliphatic heterocycles. The molecule has 36 heavy (non-hydrogen) atoms. The zero-order valence-corrected chi connectivity index (χ0v) is 22.7. The van der Waals surface area contributed by atoms with Gasteiger partial charge in [-0.05, 0) is 81.1 Å². The van der Waals surface area contributed by atoms with E-state index < -0.39 is 0 Å². The van der Waals surface area contributed by atoms with Crippen LogP contribution >= 0.6 is 15.9 Å². The molecule has 0 bridgehead atoms. The molecule has 0 saturated heterocycles. The van der Waals surface area contributed by atoms with Gasteiger partial charge in [0, 0.05) is 29.5 Å². The van der Waals surface area contributed by atoms with E-state index in [1.54, 1.807) is 0 Å². The number of hydrogen-bond acceptors (Lipinski definition) is 3. The number of benzene rings is 3. The van der Waals surface area contributed by atoms with Crippen molar-refractivity contribution in [2.75, 3.05) is 13.2 Å². The van der Waals surface area contributed by atoms with Gasteiger partial charge < -0.3 is 14.6 Å². The molecule has 1 heterocycles. The minimum atomic E-state index is -0.0210. The molecule has 188 valence electrons. The fourth-order valence-electron chi connectivity index (χ4n) is 4.42. The Morgan fingerprint density at radius 2 is 1.78 bits per heavy atom. The molecule has 0 fully saturated rings. The second-order valence-electron chi connectivity index (χ2n) is 9.21. The van der Waals surface area contributed by atoms with Crippen molar-refractivity contribution in [2.45, 2.75) is 52.5 Å². The zero-order valence-electron chi connectivity index (χ0n) is 21.1. The number of halogens is 1. The van der Waals surface area contributed by atoms with E-state index in [1.165, 1.54) is 16.6 Å². The molecule has 0 unspecified atom stereocenters. The maximum atomic E-state index is 12.3. The van der Waals surface area contributed by atoms with Gasteiger partial charge in [-0.2, -0.15) is 0 Å². The number of carbonyl (C=O) groups excluding carboxylic acids is 1. The summed E-state index contributed by atoms with van der Waals surface area (Å²) in [7, 11) is 0. The highest BCUT2D eigenvalue weighted by molar-refractivity contribution is 9.10. The Bertz CT molecular complexity index is 1300. The van der Waals surface area contributed by atoms with E-state index in [0.717, 1.165) is 60.2 Å². The molecule has 4 aromatic rings. The van der Waals surface area contributed by atoms with Gasteiger partial charge in [0.2, 0.25) is 0 Å². The predicted molar refractivity (Wildman–Crippen MR) is 150 cm³/mol. The topological polar surface area (TPSA) is 56.1 Å². The van der Waals surface area contributed by atoms with Gasteiger partial charge >= 0.3 is 0 Å². The van der Waals surface area contributed by atoms with Crippen molar-refractivity contribution >= 4 is 32.9 Å². The average Bonchev–Trinajstić information content (AvgIpc) is 3.22. The first-order valence-electron chi connectivity index (χ1n) is 12.7. The lowest BCUT2D eigenvalue weighted by Gasteiger charge is -2.12. The van der Waals surface area contributed by atoms with Gasteiger partial charge in [-0.1, -0.05) is 52.2 Å². The molecule has 0 spiro atoms. The highest BCUT2D eigenvalue weighted by atomic mass is 79.9. The molecule has 0 aliphatic carbocycles. The molecule has 1 N–H and O–H groups in total. The Kier molecular flexibility index (Phi) is 9.17. The van der Waals surface area contributed by atoms with Gasteiger partial charge in [0.1, 0.15) is 11.6 Å². The minimum Gasteiger partial charge on any atom is -0.493 e. The standard InChI is InChI=1S/C30H34BrN3O2/c1-22-12-17-28(23(2)21-22)36-20-8-19-34-27-10-6-5-9-26(27)33-29(34)11-4-3-7-18-32-30(35)24-13-15-25(31)16-14-24/h5-6,9-10,12-17,21H,3-4,7-8,11,18-20H2,1-2H3,(H,32,35). The molecule has 0 radical (unpaired) electrons. The first-order valence-corrected chi connectivity index (χ1v) is 13.5. The number of carbonyl (C=O) groups is 1. The quantitative estimate of drug-likeness (QED) is 0.194. The number of ether oxygens (including phenoxy) is 1. The van der Waals surface area contributed by atoms with Crippen LogP contribution in [0.5, 0.6) is 5.75 Å². The molecule has 0 aliphatic rings. The van der Waals surface area contributed by atoms with Crippen LogP contribution in [-0.4, -0.2) is 28.6 Å². The summed E-state index contributed by atoms with van der Waals surface area (Å²) in [4.78, 5) is 17.2. The number of fused-ring (bicyclic) bond motifs is 1. The van der Waals surface area contributed by atoms with Crippen LogP contribution in [0.3, 0.4) is 0 Å². The van der Waals surface area contributed by atoms with Crippen LogP contribution in [0.25, 0.3) is 11.0 Å². The van der Waals surface area contributed by atoms with Gasteiger partial charge in [0.05, 0.1) is 17.6 Å². The van der Waals surface area contributed by atoms with Crippen LogP contribution in [0, 0.1) is 13.8 Å². The molecule has 0 saturated carbocycles. The first kappa shape index (κ1) is 26.0. The third-order valence-corrected chi connectivity index (χ3v) is 6.85. The Morgan fingerprint density at radius 3 is 2.58 bits per heavy atom. The number of nitrogens with one attached hydrogen (secondary N) is 1. The molecule has 5 nitrogen and oxygen atoms in total. The van der Waals surface area contributed by atoms with Crippen molar-refractivity contribution in [1.82, 2.24) is 14.9 Å². The maximum Gasteiger partial charge on any atom is 0.251 e. The van der Waals surface area contributed by atoms with Gasteiger partial charge in [-0.25, -0.2) is 4.98 Å². The van der Waals surface area contributed by atoms with Gasteiger partial charge in [0.15, 0.2) is 0 Å². The summed E-state index contributed by atoms with van der Waals surface area (Å²) in [6.45, 7) is 6.43. The average molecular weight is 549 g/mol. The summed E-state index contributed by atoms with van der Waals surface area (Å²) in [5.41, 5.74) is 5.34. The number of imidazole rings is 1. The molecule has 4 rings (SSSR count). The third kappa shape index (κ3) is 6.97. The van der Waals surface area contributed by atoms with E-state index in [2.05, 4.69) is 76.1 Å². The smallest absolute Gasteiger partial charge is 0.251 e. The van der Waals surface area contributed by atoms with Crippen molar-refractivity contribution in [3.63, 3.8) is 0 Å². The lowest BCUT2D eigenvalue weighted by atomic mass is 10.1.